The van der Waals surface area contributed by atoms with Crippen molar-refractivity contribution in [3.05, 3.63) is 52.3 Å². The summed E-state index contributed by atoms with van der Waals surface area (Å²) >= 11 is 1.10. The third-order valence-electron chi connectivity index (χ3n) is 9.76. The lowest BCUT2D eigenvalue weighted by atomic mass is 9.72. The number of thiophene rings is 1. The van der Waals surface area contributed by atoms with Gasteiger partial charge in [0.1, 0.15) is 28.7 Å². The molecular formula is C32H35F3N6OS. The second-order valence-corrected chi connectivity index (χ2v) is 13.8. The average Bonchev–Trinajstić information content (AvgIpc) is 3.70. The van der Waals surface area contributed by atoms with Gasteiger partial charge in [-0.2, -0.15) is 18.4 Å². The molecule has 3 aliphatic rings. The maximum absolute atomic E-state index is 13.0. The molecular weight excluding hydrogens is 573 g/mol. The third-order valence-corrected chi connectivity index (χ3v) is 10.8. The summed E-state index contributed by atoms with van der Waals surface area (Å²) in [7, 11) is 0. The van der Waals surface area contributed by atoms with E-state index in [1.807, 2.05) is 0 Å². The molecule has 3 aromatic heterocycles. The SMILES string of the molecule is Cc1c(CN2CCC3(CC2)CN(c2ncnc4sc(CC(F)(F)F)cc24)C3)ccc2c1cc(C#N)n2CC[C@@H]1CCOC1. The smallest absolute Gasteiger partial charge is 0.381 e. The van der Waals surface area contributed by atoms with Gasteiger partial charge in [0.25, 0.3) is 0 Å². The zero-order chi connectivity index (χ0) is 29.8. The second kappa shape index (κ2) is 11.1. The van der Waals surface area contributed by atoms with Gasteiger partial charge >= 0.3 is 6.18 Å². The average molecular weight is 609 g/mol. The number of fused-ring (bicyclic) bond motifs is 2. The van der Waals surface area contributed by atoms with Gasteiger partial charge in [-0.3, -0.25) is 4.90 Å². The number of aryl methyl sites for hydroxylation is 2. The van der Waals surface area contributed by atoms with Crippen LogP contribution < -0.4 is 4.90 Å². The molecule has 7 nitrogen and oxygen atoms in total. The Morgan fingerprint density at radius 2 is 1.95 bits per heavy atom. The van der Waals surface area contributed by atoms with Gasteiger partial charge in [0.2, 0.25) is 0 Å². The molecule has 0 N–H and O–H groups in total. The number of rotatable bonds is 7. The number of nitriles is 1. The van der Waals surface area contributed by atoms with Crippen molar-refractivity contribution in [1.82, 2.24) is 19.4 Å². The predicted molar refractivity (Wildman–Crippen MR) is 161 cm³/mol. The van der Waals surface area contributed by atoms with Crippen molar-refractivity contribution in [3.63, 3.8) is 0 Å². The van der Waals surface area contributed by atoms with E-state index in [4.69, 9.17) is 4.74 Å². The Morgan fingerprint density at radius 3 is 2.67 bits per heavy atom. The lowest BCUT2D eigenvalue weighted by Crippen LogP contribution is -2.60. The van der Waals surface area contributed by atoms with Crippen LogP contribution in [0.3, 0.4) is 0 Å². The minimum atomic E-state index is -4.23. The van der Waals surface area contributed by atoms with E-state index >= 15 is 0 Å². The summed E-state index contributed by atoms with van der Waals surface area (Å²) in [5.74, 6) is 1.33. The van der Waals surface area contributed by atoms with Gasteiger partial charge in [0.15, 0.2) is 0 Å². The second-order valence-electron chi connectivity index (χ2n) is 12.6. The van der Waals surface area contributed by atoms with Crippen LogP contribution in [-0.2, 0) is 24.2 Å². The molecule has 4 aromatic rings. The van der Waals surface area contributed by atoms with E-state index in [1.54, 1.807) is 6.07 Å². The first kappa shape index (κ1) is 28.6. The Bertz CT molecular complexity index is 1680. The molecule has 0 amide bonds. The number of hydrogen-bond acceptors (Lipinski definition) is 7. The molecule has 0 saturated carbocycles. The van der Waals surface area contributed by atoms with E-state index in [0.29, 0.717) is 10.7 Å². The fourth-order valence-electron chi connectivity index (χ4n) is 7.23. The van der Waals surface area contributed by atoms with Gasteiger partial charge in [-0.25, -0.2) is 9.97 Å². The van der Waals surface area contributed by atoms with Crippen LogP contribution in [-0.4, -0.2) is 65.0 Å². The molecule has 3 saturated heterocycles. The molecule has 11 heteroatoms. The molecule has 1 aromatic carbocycles. The van der Waals surface area contributed by atoms with Crippen LogP contribution in [0.15, 0.2) is 30.6 Å². The first-order chi connectivity index (χ1) is 20.7. The van der Waals surface area contributed by atoms with Crippen molar-refractivity contribution < 1.29 is 17.9 Å². The molecule has 1 spiro atoms. The Morgan fingerprint density at radius 1 is 1.14 bits per heavy atom. The fourth-order valence-corrected chi connectivity index (χ4v) is 8.26. The molecule has 226 valence electrons. The minimum absolute atomic E-state index is 0.223. The van der Waals surface area contributed by atoms with Gasteiger partial charge in [0.05, 0.1) is 11.8 Å². The highest BCUT2D eigenvalue weighted by Crippen LogP contribution is 2.45. The lowest BCUT2D eigenvalue weighted by molar-refractivity contribution is -0.126. The number of likely N-dealkylation sites (tertiary alicyclic amines) is 1. The minimum Gasteiger partial charge on any atom is -0.381 e. The number of alkyl halides is 3. The highest BCUT2D eigenvalue weighted by molar-refractivity contribution is 7.18. The number of anilines is 1. The molecule has 7 rings (SSSR count). The quantitative estimate of drug-likeness (QED) is 0.240. The molecule has 0 unspecified atom stereocenters. The number of piperidine rings is 1. The molecule has 0 bridgehead atoms. The third kappa shape index (κ3) is 5.61. The van der Waals surface area contributed by atoms with Crippen LogP contribution in [0.25, 0.3) is 21.1 Å². The zero-order valence-corrected chi connectivity index (χ0v) is 25.1. The maximum atomic E-state index is 13.0. The number of ether oxygens (including phenoxy) is 1. The van der Waals surface area contributed by atoms with Crippen LogP contribution in [0, 0.1) is 29.6 Å². The zero-order valence-electron chi connectivity index (χ0n) is 24.3. The number of nitrogens with zero attached hydrogens (tertiary/aromatic N) is 6. The van der Waals surface area contributed by atoms with Crippen molar-refractivity contribution in [2.24, 2.45) is 11.3 Å². The normalized spacial score (nSPS) is 20.7. The summed E-state index contributed by atoms with van der Waals surface area (Å²) in [5, 5.41) is 11.7. The first-order valence-electron chi connectivity index (χ1n) is 15.1. The van der Waals surface area contributed by atoms with E-state index in [1.165, 1.54) is 22.8 Å². The van der Waals surface area contributed by atoms with Gasteiger partial charge in [-0.1, -0.05) is 6.07 Å². The van der Waals surface area contributed by atoms with Crippen LogP contribution in [0.5, 0.6) is 0 Å². The highest BCUT2D eigenvalue weighted by atomic mass is 32.1. The molecule has 0 aliphatic carbocycles. The molecule has 0 radical (unpaired) electrons. The van der Waals surface area contributed by atoms with Crippen molar-refractivity contribution in [1.29, 1.82) is 5.26 Å². The van der Waals surface area contributed by atoms with Gasteiger partial charge < -0.3 is 14.2 Å². The van der Waals surface area contributed by atoms with E-state index < -0.39 is 12.6 Å². The summed E-state index contributed by atoms with van der Waals surface area (Å²) in [6, 6.07) is 10.5. The topological polar surface area (TPSA) is 70.2 Å². The predicted octanol–water partition coefficient (Wildman–Crippen LogP) is 6.46. The van der Waals surface area contributed by atoms with Gasteiger partial charge in [-0.15, -0.1) is 11.3 Å². The van der Waals surface area contributed by atoms with Gasteiger partial charge in [-0.05, 0) is 80.9 Å². The van der Waals surface area contributed by atoms with E-state index in [-0.39, 0.29) is 10.3 Å². The number of benzene rings is 1. The molecule has 1 atom stereocenters. The van der Waals surface area contributed by atoms with Crippen molar-refractivity contribution >= 4 is 38.3 Å². The van der Waals surface area contributed by atoms with Crippen LogP contribution in [0.1, 0.15) is 47.4 Å². The Hall–Kier alpha value is -3.20. The Kier molecular flexibility index (Phi) is 7.35. The largest absolute Gasteiger partial charge is 0.393 e. The van der Waals surface area contributed by atoms with Crippen LogP contribution in [0.4, 0.5) is 19.0 Å². The molecule has 3 aliphatic heterocycles. The van der Waals surface area contributed by atoms with Crippen molar-refractivity contribution in [3.8, 4) is 6.07 Å². The summed E-state index contributed by atoms with van der Waals surface area (Å²) < 4.78 is 46.6. The Balaban J connectivity index is 0.987. The lowest BCUT2D eigenvalue weighted by Gasteiger charge is -2.54. The molecule has 43 heavy (non-hydrogen) atoms. The Labute approximate surface area is 252 Å². The van der Waals surface area contributed by atoms with E-state index in [0.717, 1.165) is 112 Å². The number of hydrogen-bond donors (Lipinski definition) is 0. The standard InChI is InChI=1S/C32H35F3N6OS/c1-21-23(2-3-28-26(21)12-24(15-36)41(28)8-4-22-5-11-42-17-22)16-39-9-6-31(7-10-39)18-40(19-31)29-27-13-25(14-32(33,34)35)43-30(27)38-20-37-29/h2-3,12-13,20,22H,4-11,14,16-19H2,1H3/t22-/m1/s1. The van der Waals surface area contributed by atoms with Crippen LogP contribution in [0.2, 0.25) is 0 Å². The summed E-state index contributed by atoms with van der Waals surface area (Å²) in [4.78, 5) is 14.3. The molecule has 6 heterocycles. The molecule has 3 fully saturated rings. The van der Waals surface area contributed by atoms with Crippen molar-refractivity contribution in [2.75, 3.05) is 44.3 Å². The fraction of sp³-hybridized carbons (Fsp3) is 0.531. The maximum Gasteiger partial charge on any atom is 0.393 e. The number of halogens is 3. The monoisotopic (exact) mass is 608 g/mol. The highest BCUT2D eigenvalue weighted by Gasteiger charge is 2.46. The summed E-state index contributed by atoms with van der Waals surface area (Å²) in [5.41, 5.74) is 4.64. The number of aromatic nitrogens is 3. The summed E-state index contributed by atoms with van der Waals surface area (Å²) in [6.07, 6.45) is 0.607. The van der Waals surface area contributed by atoms with E-state index in [9.17, 15) is 18.4 Å². The van der Waals surface area contributed by atoms with Crippen LogP contribution >= 0.6 is 11.3 Å². The summed E-state index contributed by atoms with van der Waals surface area (Å²) in [6.45, 7) is 9.33. The van der Waals surface area contributed by atoms with Crippen molar-refractivity contribution in [2.45, 2.75) is 58.3 Å². The van der Waals surface area contributed by atoms with Gasteiger partial charge in [0, 0.05) is 60.6 Å². The first-order valence-corrected chi connectivity index (χ1v) is 15.9. The van der Waals surface area contributed by atoms with E-state index in [2.05, 4.69) is 55.5 Å².